The van der Waals surface area contributed by atoms with Gasteiger partial charge in [0.15, 0.2) is 0 Å². The van der Waals surface area contributed by atoms with Gasteiger partial charge in [0, 0.05) is 23.1 Å². The smallest absolute Gasteiger partial charge is 0.269 e. The Balaban J connectivity index is 1.98. The minimum atomic E-state index is -0.405. The van der Waals surface area contributed by atoms with E-state index in [-0.39, 0.29) is 16.8 Å². The Bertz CT molecular complexity index is 777. The van der Waals surface area contributed by atoms with Crippen LogP contribution < -0.4 is 5.32 Å². The van der Waals surface area contributed by atoms with E-state index in [0.717, 1.165) is 28.8 Å². The minimum Gasteiger partial charge on any atom is -0.325 e. The highest BCUT2D eigenvalue weighted by Crippen LogP contribution is 2.30. The zero-order chi connectivity index (χ0) is 18.4. The second-order valence-electron chi connectivity index (χ2n) is 5.82. The molecule has 0 spiro atoms. The molecular formula is C19H22N2O3S. The highest BCUT2D eigenvalue weighted by Gasteiger charge is 2.14. The summed E-state index contributed by atoms with van der Waals surface area (Å²) in [6.07, 6.45) is 0.856. The highest BCUT2D eigenvalue weighted by molar-refractivity contribution is 8.00. The van der Waals surface area contributed by atoms with Crippen LogP contribution in [-0.2, 0) is 11.2 Å². The maximum Gasteiger partial charge on any atom is 0.269 e. The number of aryl methyl sites for hydroxylation is 2. The van der Waals surface area contributed by atoms with Crippen molar-refractivity contribution in [3.8, 4) is 0 Å². The molecule has 2 aromatic carbocycles. The van der Waals surface area contributed by atoms with E-state index in [2.05, 4.69) is 12.2 Å². The molecule has 0 bridgehead atoms. The van der Waals surface area contributed by atoms with Crippen LogP contribution in [0.2, 0.25) is 0 Å². The van der Waals surface area contributed by atoms with Crippen molar-refractivity contribution >= 4 is 29.0 Å². The maximum atomic E-state index is 12.3. The first-order valence-electron chi connectivity index (χ1n) is 8.16. The van der Waals surface area contributed by atoms with E-state index in [4.69, 9.17) is 0 Å². The van der Waals surface area contributed by atoms with Gasteiger partial charge < -0.3 is 5.32 Å². The molecule has 6 heteroatoms. The van der Waals surface area contributed by atoms with E-state index in [9.17, 15) is 14.9 Å². The molecule has 1 N–H and O–H groups in total. The molecule has 5 nitrogen and oxygen atoms in total. The number of nitrogens with zero attached hydrogens (tertiary/aromatic N) is 1. The number of non-ortho nitro benzene ring substituents is 1. The summed E-state index contributed by atoms with van der Waals surface area (Å²) in [5, 5.41) is 13.9. The molecule has 2 rings (SSSR count). The summed E-state index contributed by atoms with van der Waals surface area (Å²) in [7, 11) is 0. The Morgan fingerprint density at radius 2 is 2.00 bits per heavy atom. The van der Waals surface area contributed by atoms with Crippen LogP contribution in [0.1, 0.15) is 35.8 Å². The molecule has 0 radical (unpaired) electrons. The summed E-state index contributed by atoms with van der Waals surface area (Å²) < 4.78 is 0. The van der Waals surface area contributed by atoms with E-state index in [1.807, 2.05) is 38.1 Å². The summed E-state index contributed by atoms with van der Waals surface area (Å²) in [5.41, 5.74) is 3.96. The van der Waals surface area contributed by atoms with Gasteiger partial charge in [-0.1, -0.05) is 37.3 Å². The summed E-state index contributed by atoms with van der Waals surface area (Å²) in [6, 6.07) is 12.5. The van der Waals surface area contributed by atoms with Crippen LogP contribution in [0.4, 0.5) is 11.4 Å². The maximum absolute atomic E-state index is 12.3. The second kappa shape index (κ2) is 8.67. The topological polar surface area (TPSA) is 72.2 Å². The molecular weight excluding hydrogens is 336 g/mol. The van der Waals surface area contributed by atoms with Crippen molar-refractivity contribution in [1.82, 2.24) is 0 Å². The first kappa shape index (κ1) is 19.0. The number of hydrogen-bond donors (Lipinski definition) is 1. The fourth-order valence-corrected chi connectivity index (χ4v) is 3.38. The number of hydrogen-bond acceptors (Lipinski definition) is 4. The number of nitrogens with one attached hydrogen (secondary N) is 1. The molecule has 2 aromatic rings. The van der Waals surface area contributed by atoms with Crippen molar-refractivity contribution in [2.45, 2.75) is 32.4 Å². The van der Waals surface area contributed by atoms with Crippen molar-refractivity contribution in [3.63, 3.8) is 0 Å². The van der Waals surface area contributed by atoms with E-state index in [1.54, 1.807) is 12.1 Å². The lowest BCUT2D eigenvalue weighted by Crippen LogP contribution is -2.16. The molecule has 0 aliphatic carbocycles. The normalized spacial score (nSPS) is 11.8. The Hall–Kier alpha value is -2.34. The van der Waals surface area contributed by atoms with Gasteiger partial charge in [-0.25, -0.2) is 0 Å². The Morgan fingerprint density at radius 1 is 1.28 bits per heavy atom. The van der Waals surface area contributed by atoms with Crippen LogP contribution in [0.3, 0.4) is 0 Å². The first-order chi connectivity index (χ1) is 11.9. The number of nitro benzene ring substituents is 1. The number of anilines is 1. The van der Waals surface area contributed by atoms with Crippen LogP contribution in [0.5, 0.6) is 0 Å². The SMILES string of the molecule is CCc1cccc(C)c1NC(=O)CS[C@H](C)c1cccc([N+](=O)[O-])c1. The largest absolute Gasteiger partial charge is 0.325 e. The van der Waals surface area contributed by atoms with Gasteiger partial charge in [-0.15, -0.1) is 11.8 Å². The number of carbonyl (C=O) groups excluding carboxylic acids is 1. The number of benzene rings is 2. The van der Waals surface area contributed by atoms with Gasteiger partial charge in [-0.2, -0.15) is 0 Å². The summed E-state index contributed by atoms with van der Waals surface area (Å²) in [4.78, 5) is 22.8. The lowest BCUT2D eigenvalue weighted by atomic mass is 10.1. The Morgan fingerprint density at radius 3 is 2.68 bits per heavy atom. The summed E-state index contributed by atoms with van der Waals surface area (Å²) in [6.45, 7) is 5.99. The van der Waals surface area contributed by atoms with Crippen molar-refractivity contribution in [3.05, 3.63) is 69.3 Å². The second-order valence-corrected chi connectivity index (χ2v) is 7.15. The number of nitro groups is 1. The van der Waals surface area contributed by atoms with Gasteiger partial charge in [0.05, 0.1) is 10.7 Å². The van der Waals surface area contributed by atoms with Crippen LogP contribution in [0.15, 0.2) is 42.5 Å². The van der Waals surface area contributed by atoms with E-state index >= 15 is 0 Å². The molecule has 132 valence electrons. The Labute approximate surface area is 152 Å². The van der Waals surface area contributed by atoms with E-state index < -0.39 is 4.92 Å². The van der Waals surface area contributed by atoms with Gasteiger partial charge in [0.2, 0.25) is 5.91 Å². The quantitative estimate of drug-likeness (QED) is 0.564. The van der Waals surface area contributed by atoms with Gasteiger partial charge >= 0.3 is 0 Å². The van der Waals surface area contributed by atoms with Crippen molar-refractivity contribution in [2.75, 3.05) is 11.1 Å². The number of rotatable bonds is 7. The lowest BCUT2D eigenvalue weighted by Gasteiger charge is -2.14. The Kier molecular flexibility index (Phi) is 6.58. The van der Waals surface area contributed by atoms with Crippen molar-refractivity contribution < 1.29 is 9.72 Å². The molecule has 0 aromatic heterocycles. The molecule has 0 unspecified atom stereocenters. The molecule has 0 aliphatic heterocycles. The minimum absolute atomic E-state index is 0.00633. The van der Waals surface area contributed by atoms with E-state index in [0.29, 0.717) is 5.75 Å². The predicted molar refractivity (Wildman–Crippen MR) is 103 cm³/mol. The molecule has 0 saturated heterocycles. The molecule has 1 atom stereocenters. The average Bonchev–Trinajstić information content (AvgIpc) is 2.61. The van der Waals surface area contributed by atoms with Crippen LogP contribution in [-0.4, -0.2) is 16.6 Å². The molecule has 1 amide bonds. The van der Waals surface area contributed by atoms with Gasteiger partial charge in [-0.3, -0.25) is 14.9 Å². The standard InChI is InChI=1S/C19H22N2O3S/c1-4-15-8-5-7-13(2)19(15)20-18(22)12-25-14(3)16-9-6-10-17(11-16)21(23)24/h5-11,14H,4,12H2,1-3H3,(H,20,22)/t14-/m1/s1. The van der Waals surface area contributed by atoms with Gasteiger partial charge in [0.1, 0.15) is 0 Å². The molecule has 0 aliphatic rings. The van der Waals surface area contributed by atoms with Crippen LogP contribution in [0, 0.1) is 17.0 Å². The third-order valence-corrected chi connectivity index (χ3v) is 5.22. The predicted octanol–water partition coefficient (Wildman–Crippen LogP) is 4.90. The number of thioether (sulfide) groups is 1. The van der Waals surface area contributed by atoms with Crippen LogP contribution >= 0.6 is 11.8 Å². The zero-order valence-corrected chi connectivity index (χ0v) is 15.4. The van der Waals surface area contributed by atoms with Gasteiger partial charge in [-0.05, 0) is 37.0 Å². The number of para-hydroxylation sites is 1. The fraction of sp³-hybridized carbons (Fsp3) is 0.316. The zero-order valence-electron chi connectivity index (χ0n) is 14.6. The molecule has 0 saturated carbocycles. The number of amides is 1. The van der Waals surface area contributed by atoms with E-state index in [1.165, 1.54) is 17.8 Å². The summed E-state index contributed by atoms with van der Waals surface area (Å²) >= 11 is 1.46. The molecule has 0 heterocycles. The molecule has 25 heavy (non-hydrogen) atoms. The van der Waals surface area contributed by atoms with Crippen LogP contribution in [0.25, 0.3) is 0 Å². The third kappa shape index (κ3) is 5.06. The monoisotopic (exact) mass is 358 g/mol. The van der Waals surface area contributed by atoms with Gasteiger partial charge in [0.25, 0.3) is 5.69 Å². The third-order valence-electron chi connectivity index (χ3n) is 4.02. The average molecular weight is 358 g/mol. The molecule has 0 fully saturated rings. The lowest BCUT2D eigenvalue weighted by molar-refractivity contribution is -0.384. The fourth-order valence-electron chi connectivity index (χ4n) is 2.57. The first-order valence-corrected chi connectivity index (χ1v) is 9.21. The van der Waals surface area contributed by atoms with Crippen molar-refractivity contribution in [2.24, 2.45) is 0 Å². The number of carbonyl (C=O) groups is 1. The highest BCUT2D eigenvalue weighted by atomic mass is 32.2. The van der Waals surface area contributed by atoms with Crippen molar-refractivity contribution in [1.29, 1.82) is 0 Å². The summed E-state index contributed by atoms with van der Waals surface area (Å²) in [5.74, 6) is 0.229.